The molecule has 0 aromatic carbocycles. The number of piperidine rings is 1. The van der Waals surface area contributed by atoms with Crippen LogP contribution in [0.2, 0.25) is 0 Å². The van der Waals surface area contributed by atoms with Gasteiger partial charge in [-0.2, -0.15) is 0 Å². The summed E-state index contributed by atoms with van der Waals surface area (Å²) in [5.41, 5.74) is 0.454. The van der Waals surface area contributed by atoms with Crippen LogP contribution in [0.1, 0.15) is 58.8 Å². The Labute approximate surface area is 104 Å². The molecule has 1 heterocycles. The molecule has 17 heavy (non-hydrogen) atoms. The minimum atomic E-state index is -0.640. The fraction of sp³-hybridized carbons (Fsp3) is 0.929. The van der Waals surface area contributed by atoms with Crippen LogP contribution in [0.4, 0.5) is 0 Å². The molecular formula is C14H25NO2. The number of aliphatic carboxylic acids is 1. The van der Waals surface area contributed by atoms with E-state index in [4.69, 9.17) is 5.11 Å². The van der Waals surface area contributed by atoms with Gasteiger partial charge in [0.05, 0.1) is 6.42 Å². The van der Waals surface area contributed by atoms with Gasteiger partial charge >= 0.3 is 5.97 Å². The zero-order valence-corrected chi connectivity index (χ0v) is 11.1. The maximum atomic E-state index is 10.9. The summed E-state index contributed by atoms with van der Waals surface area (Å²) >= 11 is 0. The van der Waals surface area contributed by atoms with Crippen LogP contribution < -0.4 is 0 Å². The third-order valence-corrected chi connectivity index (χ3v) is 4.49. The average Bonchev–Trinajstić information content (AvgIpc) is 2.59. The second kappa shape index (κ2) is 4.97. The van der Waals surface area contributed by atoms with Gasteiger partial charge in [0.15, 0.2) is 0 Å². The summed E-state index contributed by atoms with van der Waals surface area (Å²) < 4.78 is 0. The molecule has 2 fully saturated rings. The fourth-order valence-corrected chi connectivity index (χ4v) is 3.61. The third-order valence-electron chi connectivity index (χ3n) is 4.49. The van der Waals surface area contributed by atoms with Crippen molar-refractivity contribution in [1.29, 1.82) is 0 Å². The van der Waals surface area contributed by atoms with E-state index in [1.54, 1.807) is 0 Å². The highest BCUT2D eigenvalue weighted by molar-refractivity contribution is 5.67. The number of nitrogens with zero attached hydrogens (tertiary/aromatic N) is 1. The summed E-state index contributed by atoms with van der Waals surface area (Å²) in [7, 11) is 0. The van der Waals surface area contributed by atoms with Crippen LogP contribution in [-0.4, -0.2) is 34.6 Å². The molecule has 3 heteroatoms. The molecule has 2 aliphatic rings. The standard InChI is InChI=1S/C14H25NO2/c1-14(2)7-6-12(10-14)15-8-4-3-5-11(15)9-13(16)17/h11-12H,3-10H2,1-2H3,(H,16,17). The predicted octanol–water partition coefficient (Wildman–Crippen LogP) is 2.89. The molecule has 2 rings (SSSR count). The number of carboxylic acids is 1. The molecule has 98 valence electrons. The molecule has 0 aromatic rings. The molecule has 2 unspecified atom stereocenters. The molecule has 0 amide bonds. The van der Waals surface area contributed by atoms with E-state index in [-0.39, 0.29) is 0 Å². The van der Waals surface area contributed by atoms with E-state index in [0.717, 1.165) is 13.0 Å². The Morgan fingerprint density at radius 3 is 2.71 bits per heavy atom. The lowest BCUT2D eigenvalue weighted by atomic mass is 9.90. The Balaban J connectivity index is 1.99. The maximum Gasteiger partial charge on any atom is 0.304 e. The van der Waals surface area contributed by atoms with Gasteiger partial charge in [-0.05, 0) is 44.1 Å². The highest BCUT2D eigenvalue weighted by Crippen LogP contribution is 2.41. The first-order chi connectivity index (χ1) is 7.98. The van der Waals surface area contributed by atoms with Gasteiger partial charge in [0.1, 0.15) is 0 Å². The summed E-state index contributed by atoms with van der Waals surface area (Å²) in [6.07, 6.45) is 7.62. The summed E-state index contributed by atoms with van der Waals surface area (Å²) in [5.74, 6) is -0.640. The summed E-state index contributed by atoms with van der Waals surface area (Å²) in [6.45, 7) is 5.78. The van der Waals surface area contributed by atoms with Crippen molar-refractivity contribution >= 4 is 5.97 Å². The zero-order chi connectivity index (χ0) is 12.5. The van der Waals surface area contributed by atoms with E-state index in [0.29, 0.717) is 23.9 Å². The molecule has 3 nitrogen and oxygen atoms in total. The minimum Gasteiger partial charge on any atom is -0.481 e. The lowest BCUT2D eigenvalue weighted by molar-refractivity contribution is -0.139. The molecule has 0 aromatic heterocycles. The van der Waals surface area contributed by atoms with Gasteiger partial charge in [-0.25, -0.2) is 0 Å². The van der Waals surface area contributed by atoms with Crippen molar-refractivity contribution in [2.75, 3.05) is 6.54 Å². The molecule has 1 saturated heterocycles. The normalized spacial score (nSPS) is 33.8. The van der Waals surface area contributed by atoms with Crippen LogP contribution in [0.25, 0.3) is 0 Å². The molecule has 1 N–H and O–H groups in total. The van der Waals surface area contributed by atoms with Crippen LogP contribution in [0.3, 0.4) is 0 Å². The van der Waals surface area contributed by atoms with E-state index in [2.05, 4.69) is 18.7 Å². The number of likely N-dealkylation sites (tertiary alicyclic amines) is 1. The van der Waals surface area contributed by atoms with E-state index in [1.807, 2.05) is 0 Å². The van der Waals surface area contributed by atoms with Crippen LogP contribution >= 0.6 is 0 Å². The molecule has 1 aliphatic carbocycles. The lowest BCUT2D eigenvalue weighted by Gasteiger charge is -2.39. The zero-order valence-electron chi connectivity index (χ0n) is 11.1. The van der Waals surface area contributed by atoms with Gasteiger partial charge in [0.25, 0.3) is 0 Å². The van der Waals surface area contributed by atoms with Crippen molar-refractivity contribution in [3.8, 4) is 0 Å². The third kappa shape index (κ3) is 3.21. The van der Waals surface area contributed by atoms with Crippen LogP contribution in [0, 0.1) is 5.41 Å². The predicted molar refractivity (Wildman–Crippen MR) is 68.0 cm³/mol. The smallest absolute Gasteiger partial charge is 0.304 e. The van der Waals surface area contributed by atoms with Crippen molar-refractivity contribution in [2.45, 2.75) is 70.9 Å². The molecule has 1 saturated carbocycles. The monoisotopic (exact) mass is 239 g/mol. The largest absolute Gasteiger partial charge is 0.481 e. The Kier molecular flexibility index (Phi) is 3.76. The summed E-state index contributed by atoms with van der Waals surface area (Å²) in [5, 5.41) is 9.00. The molecule has 0 spiro atoms. The number of carboxylic acid groups (broad SMARTS) is 1. The lowest BCUT2D eigenvalue weighted by Crippen LogP contribution is -2.46. The quantitative estimate of drug-likeness (QED) is 0.823. The molecule has 0 bridgehead atoms. The number of hydrogen-bond acceptors (Lipinski definition) is 2. The topological polar surface area (TPSA) is 40.5 Å². The second-order valence-corrected chi connectivity index (χ2v) is 6.55. The van der Waals surface area contributed by atoms with Crippen molar-refractivity contribution in [3.63, 3.8) is 0 Å². The van der Waals surface area contributed by atoms with Crippen LogP contribution in [0.15, 0.2) is 0 Å². The Bertz CT molecular complexity index is 288. The van der Waals surface area contributed by atoms with Gasteiger partial charge in [-0.15, -0.1) is 0 Å². The minimum absolute atomic E-state index is 0.292. The molecule has 2 atom stereocenters. The Morgan fingerprint density at radius 1 is 1.35 bits per heavy atom. The first kappa shape index (κ1) is 12.9. The SMILES string of the molecule is CC1(C)CCC(N2CCCCC2CC(=O)O)C1. The first-order valence-electron chi connectivity index (χ1n) is 6.95. The van der Waals surface area contributed by atoms with Gasteiger partial charge in [0, 0.05) is 12.1 Å². The molecular weight excluding hydrogens is 214 g/mol. The van der Waals surface area contributed by atoms with Crippen molar-refractivity contribution in [1.82, 2.24) is 4.90 Å². The van der Waals surface area contributed by atoms with Gasteiger partial charge in [-0.1, -0.05) is 20.3 Å². The first-order valence-corrected chi connectivity index (χ1v) is 6.95. The van der Waals surface area contributed by atoms with E-state index in [9.17, 15) is 4.79 Å². The highest BCUT2D eigenvalue weighted by atomic mass is 16.4. The van der Waals surface area contributed by atoms with E-state index >= 15 is 0 Å². The van der Waals surface area contributed by atoms with Gasteiger partial charge < -0.3 is 5.11 Å². The van der Waals surface area contributed by atoms with E-state index in [1.165, 1.54) is 32.1 Å². The van der Waals surface area contributed by atoms with Crippen molar-refractivity contribution in [2.24, 2.45) is 5.41 Å². The number of carbonyl (C=O) groups is 1. The van der Waals surface area contributed by atoms with Gasteiger partial charge in [0.2, 0.25) is 0 Å². The van der Waals surface area contributed by atoms with Crippen molar-refractivity contribution in [3.05, 3.63) is 0 Å². The van der Waals surface area contributed by atoms with Crippen LogP contribution in [0.5, 0.6) is 0 Å². The van der Waals surface area contributed by atoms with E-state index < -0.39 is 5.97 Å². The van der Waals surface area contributed by atoms with Crippen LogP contribution in [-0.2, 0) is 4.79 Å². The highest BCUT2D eigenvalue weighted by Gasteiger charge is 2.38. The summed E-state index contributed by atoms with van der Waals surface area (Å²) in [6, 6.07) is 0.926. The average molecular weight is 239 g/mol. The Morgan fingerprint density at radius 2 is 2.12 bits per heavy atom. The fourth-order valence-electron chi connectivity index (χ4n) is 3.61. The summed E-state index contributed by atoms with van der Waals surface area (Å²) in [4.78, 5) is 13.4. The molecule has 1 aliphatic heterocycles. The maximum absolute atomic E-state index is 10.9. The van der Waals surface area contributed by atoms with Crippen molar-refractivity contribution < 1.29 is 9.90 Å². The number of rotatable bonds is 3. The second-order valence-electron chi connectivity index (χ2n) is 6.55. The molecule has 0 radical (unpaired) electrons. The van der Waals surface area contributed by atoms with Gasteiger partial charge in [-0.3, -0.25) is 9.69 Å². The number of hydrogen-bond donors (Lipinski definition) is 1. The Hall–Kier alpha value is -0.570.